The molecular weight excluding hydrogens is 186 g/mol. The lowest BCUT2D eigenvalue weighted by atomic mass is 9.94. The molecule has 1 aliphatic carbocycles. The minimum absolute atomic E-state index is 0.695. The van der Waals surface area contributed by atoms with Crippen molar-refractivity contribution in [2.24, 2.45) is 0 Å². The smallest absolute Gasteiger partial charge is 0.128 e. The molecule has 0 spiro atoms. The third-order valence-corrected chi connectivity index (χ3v) is 2.41. The molecule has 15 heavy (non-hydrogen) atoms. The molecule has 1 aliphatic rings. The average Bonchev–Trinajstić information content (AvgIpc) is 2.31. The highest BCUT2D eigenvalue weighted by molar-refractivity contribution is 5.63. The third-order valence-electron chi connectivity index (χ3n) is 2.41. The van der Waals surface area contributed by atoms with Gasteiger partial charge in [0.2, 0.25) is 0 Å². The minimum Gasteiger partial charge on any atom is -0.265 e. The normalized spacial score (nSPS) is 14.7. The van der Waals surface area contributed by atoms with Gasteiger partial charge >= 0.3 is 0 Å². The van der Waals surface area contributed by atoms with Crippen molar-refractivity contribution >= 4 is 5.94 Å². The Morgan fingerprint density at radius 1 is 1.33 bits per heavy atom. The topological polar surface area (TPSA) is 30.0 Å². The Labute approximate surface area is 88.7 Å². The van der Waals surface area contributed by atoms with Crippen LogP contribution in [0.15, 0.2) is 53.9 Å². The van der Waals surface area contributed by atoms with Crippen LogP contribution in [0.1, 0.15) is 12.0 Å². The van der Waals surface area contributed by atoms with Gasteiger partial charge in [0.1, 0.15) is 5.94 Å². The predicted octanol–water partition coefficient (Wildman–Crippen LogP) is 2.27. The van der Waals surface area contributed by atoms with Crippen LogP contribution in [0.5, 0.6) is 0 Å². The van der Waals surface area contributed by atoms with Gasteiger partial charge < -0.3 is 0 Å². The zero-order valence-corrected chi connectivity index (χ0v) is 8.31. The number of aromatic nitrogens is 1. The number of carbonyl (C=O) groups excluding carboxylic acids is 1. The lowest BCUT2D eigenvalue weighted by Gasteiger charge is -2.09. The number of nitrogens with zero attached hydrogens (tertiary/aromatic N) is 1. The molecule has 0 radical (unpaired) electrons. The quantitative estimate of drug-likeness (QED) is 0.681. The van der Waals surface area contributed by atoms with Crippen LogP contribution in [0.4, 0.5) is 0 Å². The number of rotatable bonds is 2. The molecule has 2 rings (SSSR count). The van der Waals surface area contributed by atoms with Gasteiger partial charge in [-0.3, -0.25) is 4.98 Å². The van der Waals surface area contributed by atoms with E-state index in [1.807, 2.05) is 36.3 Å². The first kappa shape index (κ1) is 9.63. The molecule has 0 aliphatic heterocycles. The fourth-order valence-corrected chi connectivity index (χ4v) is 1.60. The molecule has 0 fully saturated rings. The minimum atomic E-state index is 0.695. The lowest BCUT2D eigenvalue weighted by Crippen LogP contribution is -1.98. The van der Waals surface area contributed by atoms with Crippen LogP contribution in [0.2, 0.25) is 0 Å². The summed E-state index contributed by atoms with van der Waals surface area (Å²) >= 11 is 0. The fraction of sp³-hybridized carbons (Fsp3) is 0.154. The zero-order chi connectivity index (χ0) is 10.5. The molecule has 1 heterocycles. The van der Waals surface area contributed by atoms with Crippen LogP contribution in [-0.2, 0) is 11.2 Å². The highest BCUT2D eigenvalue weighted by atomic mass is 16.1. The van der Waals surface area contributed by atoms with Crippen molar-refractivity contribution in [3.05, 3.63) is 59.5 Å². The number of pyridine rings is 1. The van der Waals surface area contributed by atoms with Crippen LogP contribution >= 0.6 is 0 Å². The molecule has 0 unspecified atom stereocenters. The van der Waals surface area contributed by atoms with E-state index >= 15 is 0 Å². The van der Waals surface area contributed by atoms with E-state index in [4.69, 9.17) is 0 Å². The van der Waals surface area contributed by atoms with E-state index in [0.717, 1.165) is 17.6 Å². The molecule has 0 amide bonds. The first-order valence-corrected chi connectivity index (χ1v) is 4.89. The van der Waals surface area contributed by atoms with Gasteiger partial charge in [0.05, 0.1) is 0 Å². The first-order chi connectivity index (χ1) is 7.40. The van der Waals surface area contributed by atoms with Crippen molar-refractivity contribution in [1.82, 2.24) is 4.98 Å². The van der Waals surface area contributed by atoms with Gasteiger partial charge in [0.25, 0.3) is 0 Å². The Bertz CT molecular complexity index is 451. The van der Waals surface area contributed by atoms with E-state index < -0.39 is 0 Å². The summed E-state index contributed by atoms with van der Waals surface area (Å²) in [6.45, 7) is 0. The summed E-state index contributed by atoms with van der Waals surface area (Å²) in [5, 5.41) is 0. The summed E-state index contributed by atoms with van der Waals surface area (Å²) in [6, 6.07) is 3.92. The van der Waals surface area contributed by atoms with Crippen LogP contribution in [-0.4, -0.2) is 10.9 Å². The molecule has 2 nitrogen and oxygen atoms in total. The summed E-state index contributed by atoms with van der Waals surface area (Å²) in [7, 11) is 0. The molecular formula is C13H11NO. The van der Waals surface area contributed by atoms with Crippen LogP contribution in [0.3, 0.4) is 0 Å². The van der Waals surface area contributed by atoms with Crippen LogP contribution in [0.25, 0.3) is 0 Å². The molecule has 0 bridgehead atoms. The summed E-state index contributed by atoms with van der Waals surface area (Å²) < 4.78 is 0. The molecule has 2 heteroatoms. The maximum atomic E-state index is 10.7. The molecule has 1 aromatic heterocycles. The van der Waals surface area contributed by atoms with E-state index in [0.29, 0.717) is 6.42 Å². The Balaban J connectivity index is 2.22. The van der Waals surface area contributed by atoms with Gasteiger partial charge in [-0.1, -0.05) is 18.2 Å². The third kappa shape index (κ3) is 2.30. The van der Waals surface area contributed by atoms with E-state index in [2.05, 4.69) is 4.98 Å². The maximum Gasteiger partial charge on any atom is 0.128 e. The number of allylic oxidation sites excluding steroid dienone is 5. The zero-order valence-electron chi connectivity index (χ0n) is 8.31. The Hall–Kier alpha value is -1.92. The van der Waals surface area contributed by atoms with Gasteiger partial charge in [-0.05, 0) is 29.7 Å². The average molecular weight is 197 g/mol. The highest BCUT2D eigenvalue weighted by Crippen LogP contribution is 2.20. The van der Waals surface area contributed by atoms with Crippen molar-refractivity contribution in [3.8, 4) is 0 Å². The Morgan fingerprint density at radius 2 is 2.13 bits per heavy atom. The van der Waals surface area contributed by atoms with Gasteiger partial charge in [-0.15, -0.1) is 0 Å². The second kappa shape index (κ2) is 4.54. The van der Waals surface area contributed by atoms with Crippen molar-refractivity contribution in [1.29, 1.82) is 0 Å². The molecule has 0 atom stereocenters. The van der Waals surface area contributed by atoms with Crippen LogP contribution < -0.4 is 0 Å². The SMILES string of the molecule is O=C=C1CC=CC=C1Cc1ccncc1. The Kier molecular flexibility index (Phi) is 2.91. The van der Waals surface area contributed by atoms with Gasteiger partial charge in [0, 0.05) is 24.4 Å². The Morgan fingerprint density at radius 3 is 2.87 bits per heavy atom. The summed E-state index contributed by atoms with van der Waals surface area (Å²) in [5.74, 6) is 2.01. The summed E-state index contributed by atoms with van der Waals surface area (Å²) in [6.07, 6.45) is 10.9. The van der Waals surface area contributed by atoms with Gasteiger partial charge in [-0.25, -0.2) is 4.79 Å². The van der Waals surface area contributed by atoms with Gasteiger partial charge in [-0.2, -0.15) is 0 Å². The monoisotopic (exact) mass is 197 g/mol. The summed E-state index contributed by atoms with van der Waals surface area (Å²) in [5.41, 5.74) is 2.98. The summed E-state index contributed by atoms with van der Waals surface area (Å²) in [4.78, 5) is 14.7. The second-order valence-electron chi connectivity index (χ2n) is 3.44. The molecule has 0 saturated heterocycles. The molecule has 74 valence electrons. The van der Waals surface area contributed by atoms with Crippen LogP contribution in [0, 0.1) is 0 Å². The fourth-order valence-electron chi connectivity index (χ4n) is 1.60. The van der Waals surface area contributed by atoms with E-state index in [1.54, 1.807) is 12.4 Å². The second-order valence-corrected chi connectivity index (χ2v) is 3.44. The largest absolute Gasteiger partial charge is 0.265 e. The standard InChI is InChI=1S/C13H11NO/c15-10-13-4-2-1-3-12(13)9-11-5-7-14-8-6-11/h1-3,5-8H,4,9H2. The molecule has 1 aromatic rings. The number of hydrogen-bond donors (Lipinski definition) is 0. The van der Waals surface area contributed by atoms with E-state index in [-0.39, 0.29) is 0 Å². The van der Waals surface area contributed by atoms with Crippen molar-refractivity contribution < 1.29 is 4.79 Å². The van der Waals surface area contributed by atoms with Gasteiger partial charge in [0.15, 0.2) is 0 Å². The molecule has 0 aromatic carbocycles. The maximum absolute atomic E-state index is 10.7. The molecule has 0 saturated carbocycles. The number of hydrogen-bond acceptors (Lipinski definition) is 2. The van der Waals surface area contributed by atoms with Crippen molar-refractivity contribution in [2.45, 2.75) is 12.8 Å². The van der Waals surface area contributed by atoms with Crippen molar-refractivity contribution in [2.75, 3.05) is 0 Å². The predicted molar refractivity (Wildman–Crippen MR) is 59.0 cm³/mol. The van der Waals surface area contributed by atoms with E-state index in [9.17, 15) is 4.79 Å². The first-order valence-electron chi connectivity index (χ1n) is 4.89. The van der Waals surface area contributed by atoms with Crippen molar-refractivity contribution in [3.63, 3.8) is 0 Å². The highest BCUT2D eigenvalue weighted by Gasteiger charge is 2.08. The van der Waals surface area contributed by atoms with E-state index in [1.165, 1.54) is 5.56 Å². The molecule has 0 N–H and O–H groups in total. The lowest BCUT2D eigenvalue weighted by molar-refractivity contribution is 0.567.